The standard InChI is InChI=1S/C12H17ClO3/c1-8(14)9-4-5-11(10(13)6-9)16-7-12(2,3)15/h4-6,8,14-15H,7H2,1-3H3/t8-/m0/s1. The van der Waals surface area contributed by atoms with Crippen molar-refractivity contribution in [2.24, 2.45) is 0 Å². The van der Waals surface area contributed by atoms with Crippen LogP contribution >= 0.6 is 11.6 Å². The molecule has 1 aromatic carbocycles. The summed E-state index contributed by atoms with van der Waals surface area (Å²) in [5.74, 6) is 0.508. The van der Waals surface area contributed by atoms with Crippen LogP contribution in [0.2, 0.25) is 5.02 Å². The van der Waals surface area contributed by atoms with Gasteiger partial charge in [-0.05, 0) is 38.5 Å². The Labute approximate surface area is 101 Å². The van der Waals surface area contributed by atoms with E-state index in [4.69, 9.17) is 16.3 Å². The van der Waals surface area contributed by atoms with Gasteiger partial charge < -0.3 is 14.9 Å². The average molecular weight is 245 g/mol. The van der Waals surface area contributed by atoms with Gasteiger partial charge >= 0.3 is 0 Å². The van der Waals surface area contributed by atoms with Gasteiger partial charge in [-0.25, -0.2) is 0 Å². The minimum atomic E-state index is -0.897. The average Bonchev–Trinajstić information content (AvgIpc) is 2.14. The van der Waals surface area contributed by atoms with Crippen LogP contribution in [0, 0.1) is 0 Å². The van der Waals surface area contributed by atoms with Gasteiger partial charge in [0.05, 0.1) is 16.7 Å². The first-order valence-corrected chi connectivity index (χ1v) is 5.50. The molecule has 0 fully saturated rings. The molecule has 0 bridgehead atoms. The second-order valence-corrected chi connectivity index (χ2v) is 4.87. The van der Waals surface area contributed by atoms with E-state index in [2.05, 4.69) is 0 Å². The molecule has 2 N–H and O–H groups in total. The molecule has 1 aromatic rings. The van der Waals surface area contributed by atoms with E-state index in [1.54, 1.807) is 39.0 Å². The molecular formula is C12H17ClO3. The SMILES string of the molecule is C[C@H](O)c1ccc(OCC(C)(C)O)c(Cl)c1. The Morgan fingerprint density at radius 3 is 2.50 bits per heavy atom. The lowest BCUT2D eigenvalue weighted by atomic mass is 10.1. The maximum atomic E-state index is 9.50. The fourth-order valence-electron chi connectivity index (χ4n) is 1.15. The molecule has 0 saturated carbocycles. The van der Waals surface area contributed by atoms with Crippen molar-refractivity contribution < 1.29 is 14.9 Å². The van der Waals surface area contributed by atoms with E-state index in [9.17, 15) is 10.2 Å². The fourth-order valence-corrected chi connectivity index (χ4v) is 1.39. The van der Waals surface area contributed by atoms with E-state index in [0.29, 0.717) is 10.8 Å². The van der Waals surface area contributed by atoms with E-state index in [1.165, 1.54) is 0 Å². The van der Waals surface area contributed by atoms with Crippen molar-refractivity contribution in [3.63, 3.8) is 0 Å². The molecule has 0 aromatic heterocycles. The smallest absolute Gasteiger partial charge is 0.138 e. The Hall–Kier alpha value is -0.770. The fraction of sp³-hybridized carbons (Fsp3) is 0.500. The number of hydrogen-bond acceptors (Lipinski definition) is 3. The third kappa shape index (κ3) is 4.00. The van der Waals surface area contributed by atoms with E-state index < -0.39 is 11.7 Å². The topological polar surface area (TPSA) is 49.7 Å². The summed E-state index contributed by atoms with van der Waals surface area (Å²) in [5.41, 5.74) is -0.160. The third-order valence-electron chi connectivity index (χ3n) is 2.02. The molecule has 0 spiro atoms. The van der Waals surface area contributed by atoms with Gasteiger partial charge in [0.25, 0.3) is 0 Å². The number of hydrogen-bond donors (Lipinski definition) is 2. The van der Waals surface area contributed by atoms with Crippen LogP contribution < -0.4 is 4.74 Å². The van der Waals surface area contributed by atoms with Crippen LogP contribution in [0.1, 0.15) is 32.4 Å². The van der Waals surface area contributed by atoms with Crippen molar-refractivity contribution in [1.29, 1.82) is 0 Å². The highest BCUT2D eigenvalue weighted by Gasteiger charge is 2.14. The van der Waals surface area contributed by atoms with Gasteiger partial charge in [0.15, 0.2) is 0 Å². The Kier molecular flexibility index (Phi) is 4.19. The Morgan fingerprint density at radius 1 is 1.44 bits per heavy atom. The van der Waals surface area contributed by atoms with Crippen molar-refractivity contribution in [2.45, 2.75) is 32.5 Å². The summed E-state index contributed by atoms with van der Waals surface area (Å²) in [6.45, 7) is 5.15. The Bertz CT molecular complexity index is 356. The number of benzene rings is 1. The molecule has 1 rings (SSSR count). The minimum absolute atomic E-state index is 0.167. The predicted molar refractivity (Wildman–Crippen MR) is 63.9 cm³/mol. The van der Waals surface area contributed by atoms with Gasteiger partial charge in [-0.2, -0.15) is 0 Å². The second-order valence-electron chi connectivity index (χ2n) is 4.47. The third-order valence-corrected chi connectivity index (χ3v) is 2.31. The molecule has 0 amide bonds. The maximum absolute atomic E-state index is 9.50. The van der Waals surface area contributed by atoms with Crippen molar-refractivity contribution in [3.05, 3.63) is 28.8 Å². The highest BCUT2D eigenvalue weighted by molar-refractivity contribution is 6.32. The highest BCUT2D eigenvalue weighted by Crippen LogP contribution is 2.28. The van der Waals surface area contributed by atoms with Gasteiger partial charge in [0.2, 0.25) is 0 Å². The van der Waals surface area contributed by atoms with Crippen molar-refractivity contribution in [3.8, 4) is 5.75 Å². The summed E-state index contributed by atoms with van der Waals surface area (Å²) in [5, 5.41) is 19.3. The van der Waals surface area contributed by atoms with Crippen LogP contribution in [0.5, 0.6) is 5.75 Å². The van der Waals surface area contributed by atoms with Gasteiger partial charge in [0, 0.05) is 0 Å². The molecule has 0 heterocycles. The molecule has 0 radical (unpaired) electrons. The van der Waals surface area contributed by atoms with Crippen LogP contribution in [0.15, 0.2) is 18.2 Å². The largest absolute Gasteiger partial charge is 0.489 e. The van der Waals surface area contributed by atoms with Gasteiger partial charge in [0.1, 0.15) is 12.4 Å². The van der Waals surface area contributed by atoms with E-state index in [0.717, 1.165) is 5.56 Å². The first-order chi connectivity index (χ1) is 7.29. The lowest BCUT2D eigenvalue weighted by Crippen LogP contribution is -2.27. The Morgan fingerprint density at radius 2 is 2.06 bits per heavy atom. The summed E-state index contributed by atoms with van der Waals surface area (Å²) in [4.78, 5) is 0. The summed E-state index contributed by atoms with van der Waals surface area (Å²) < 4.78 is 5.37. The predicted octanol–water partition coefficient (Wildman–Crippen LogP) is 2.54. The number of aliphatic hydroxyl groups excluding tert-OH is 1. The summed E-state index contributed by atoms with van der Waals surface area (Å²) in [7, 11) is 0. The number of ether oxygens (including phenoxy) is 1. The van der Waals surface area contributed by atoms with Gasteiger partial charge in [-0.1, -0.05) is 17.7 Å². The molecular weight excluding hydrogens is 228 g/mol. The first-order valence-electron chi connectivity index (χ1n) is 5.12. The number of aliphatic hydroxyl groups is 2. The zero-order valence-corrected chi connectivity index (χ0v) is 10.5. The molecule has 0 aliphatic carbocycles. The minimum Gasteiger partial charge on any atom is -0.489 e. The molecule has 0 aliphatic rings. The molecule has 16 heavy (non-hydrogen) atoms. The van der Waals surface area contributed by atoms with Crippen LogP contribution in [0.25, 0.3) is 0 Å². The van der Waals surface area contributed by atoms with Crippen LogP contribution in [0.3, 0.4) is 0 Å². The van der Waals surface area contributed by atoms with Crippen LogP contribution in [-0.4, -0.2) is 22.4 Å². The molecule has 1 atom stereocenters. The summed E-state index contributed by atoms with van der Waals surface area (Å²) in [6, 6.07) is 5.10. The quantitative estimate of drug-likeness (QED) is 0.856. The number of rotatable bonds is 4. The van der Waals surface area contributed by atoms with Crippen LogP contribution in [-0.2, 0) is 0 Å². The number of halogens is 1. The maximum Gasteiger partial charge on any atom is 0.138 e. The second kappa shape index (κ2) is 5.04. The first kappa shape index (κ1) is 13.3. The molecule has 0 saturated heterocycles. The lowest BCUT2D eigenvalue weighted by Gasteiger charge is -2.18. The van der Waals surface area contributed by atoms with Crippen LogP contribution in [0.4, 0.5) is 0 Å². The van der Waals surface area contributed by atoms with Gasteiger partial charge in [-0.15, -0.1) is 0 Å². The zero-order valence-electron chi connectivity index (χ0n) is 9.70. The van der Waals surface area contributed by atoms with E-state index >= 15 is 0 Å². The molecule has 3 nitrogen and oxygen atoms in total. The van der Waals surface area contributed by atoms with E-state index in [-0.39, 0.29) is 6.61 Å². The van der Waals surface area contributed by atoms with Crippen molar-refractivity contribution >= 4 is 11.6 Å². The molecule has 4 heteroatoms. The normalized spacial score (nSPS) is 13.6. The summed E-state index contributed by atoms with van der Waals surface area (Å²) in [6.07, 6.45) is -0.555. The van der Waals surface area contributed by atoms with E-state index in [1.807, 2.05) is 0 Å². The van der Waals surface area contributed by atoms with Crippen molar-refractivity contribution in [1.82, 2.24) is 0 Å². The molecule has 90 valence electrons. The Balaban J connectivity index is 2.76. The lowest BCUT2D eigenvalue weighted by molar-refractivity contribution is 0.0285. The molecule has 0 aliphatic heterocycles. The van der Waals surface area contributed by atoms with Gasteiger partial charge in [-0.3, -0.25) is 0 Å². The zero-order chi connectivity index (χ0) is 12.3. The highest BCUT2D eigenvalue weighted by atomic mass is 35.5. The monoisotopic (exact) mass is 244 g/mol. The van der Waals surface area contributed by atoms with Crippen molar-refractivity contribution in [2.75, 3.05) is 6.61 Å². The summed E-state index contributed by atoms with van der Waals surface area (Å²) >= 11 is 5.98. The molecule has 0 unspecified atom stereocenters.